The van der Waals surface area contributed by atoms with Crippen molar-refractivity contribution in [3.63, 3.8) is 0 Å². The standard InChI is InChI=1S/C14H10INO2/c1-17-11-7-6-10(9-16)14(8-11)18-13-5-3-2-4-12(13)15/h2-8H,1H3. The van der Waals surface area contributed by atoms with E-state index in [-0.39, 0.29) is 0 Å². The Hall–Kier alpha value is -1.74. The maximum absolute atomic E-state index is 9.06. The fraction of sp³-hybridized carbons (Fsp3) is 0.0714. The number of hydrogen-bond donors (Lipinski definition) is 0. The van der Waals surface area contributed by atoms with E-state index < -0.39 is 0 Å². The first-order chi connectivity index (χ1) is 8.74. The smallest absolute Gasteiger partial charge is 0.148 e. The molecule has 0 saturated heterocycles. The topological polar surface area (TPSA) is 42.2 Å². The molecule has 0 aromatic heterocycles. The highest BCUT2D eigenvalue weighted by atomic mass is 127. The van der Waals surface area contributed by atoms with Crippen LogP contribution in [0.15, 0.2) is 42.5 Å². The molecule has 0 aliphatic heterocycles. The fourth-order valence-electron chi connectivity index (χ4n) is 1.45. The Morgan fingerprint density at radius 3 is 2.56 bits per heavy atom. The van der Waals surface area contributed by atoms with Crippen LogP contribution in [0.4, 0.5) is 0 Å². The Kier molecular flexibility index (Phi) is 4.05. The molecule has 0 aliphatic rings. The highest BCUT2D eigenvalue weighted by molar-refractivity contribution is 14.1. The molecule has 2 aromatic carbocycles. The van der Waals surface area contributed by atoms with Crippen LogP contribution < -0.4 is 9.47 Å². The second-order valence-corrected chi connectivity index (χ2v) is 4.67. The number of hydrogen-bond acceptors (Lipinski definition) is 3. The van der Waals surface area contributed by atoms with Crippen LogP contribution in [0, 0.1) is 14.9 Å². The van der Waals surface area contributed by atoms with E-state index in [0.29, 0.717) is 17.1 Å². The summed E-state index contributed by atoms with van der Waals surface area (Å²) >= 11 is 2.19. The summed E-state index contributed by atoms with van der Waals surface area (Å²) in [5, 5.41) is 9.06. The zero-order chi connectivity index (χ0) is 13.0. The quantitative estimate of drug-likeness (QED) is 0.786. The number of methoxy groups -OCH3 is 1. The number of halogens is 1. The van der Waals surface area contributed by atoms with E-state index in [1.165, 1.54) is 0 Å². The zero-order valence-electron chi connectivity index (χ0n) is 9.68. The van der Waals surface area contributed by atoms with Crippen LogP contribution in [-0.2, 0) is 0 Å². The summed E-state index contributed by atoms with van der Waals surface area (Å²) in [7, 11) is 1.58. The van der Waals surface area contributed by atoms with Gasteiger partial charge in [0.1, 0.15) is 23.3 Å². The number of nitriles is 1. The molecule has 0 amide bonds. The summed E-state index contributed by atoms with van der Waals surface area (Å²) < 4.78 is 11.9. The minimum Gasteiger partial charge on any atom is -0.497 e. The molecule has 2 rings (SSSR count). The molecule has 0 fully saturated rings. The first kappa shape index (κ1) is 12.7. The molecule has 0 bridgehead atoms. The minimum absolute atomic E-state index is 0.482. The molecule has 18 heavy (non-hydrogen) atoms. The van der Waals surface area contributed by atoms with Crippen molar-refractivity contribution in [2.75, 3.05) is 7.11 Å². The normalized spacial score (nSPS) is 9.61. The van der Waals surface area contributed by atoms with Crippen LogP contribution in [-0.4, -0.2) is 7.11 Å². The zero-order valence-corrected chi connectivity index (χ0v) is 11.8. The molecule has 2 aromatic rings. The van der Waals surface area contributed by atoms with Gasteiger partial charge < -0.3 is 9.47 Å². The van der Waals surface area contributed by atoms with Crippen LogP contribution in [0.2, 0.25) is 0 Å². The SMILES string of the molecule is COc1ccc(C#N)c(Oc2ccccc2I)c1. The predicted molar refractivity (Wildman–Crippen MR) is 76.9 cm³/mol. The highest BCUT2D eigenvalue weighted by Gasteiger charge is 2.08. The van der Waals surface area contributed by atoms with Gasteiger partial charge in [-0.25, -0.2) is 0 Å². The molecule has 90 valence electrons. The van der Waals surface area contributed by atoms with Gasteiger partial charge in [-0.1, -0.05) is 12.1 Å². The molecule has 0 aliphatic carbocycles. The second-order valence-electron chi connectivity index (χ2n) is 3.51. The lowest BCUT2D eigenvalue weighted by Crippen LogP contribution is -1.92. The van der Waals surface area contributed by atoms with Crippen molar-refractivity contribution < 1.29 is 9.47 Å². The van der Waals surface area contributed by atoms with Crippen molar-refractivity contribution in [3.8, 4) is 23.3 Å². The van der Waals surface area contributed by atoms with Gasteiger partial charge in [0.15, 0.2) is 0 Å². The summed E-state index contributed by atoms with van der Waals surface area (Å²) in [6.07, 6.45) is 0. The van der Waals surface area contributed by atoms with Crippen molar-refractivity contribution in [1.29, 1.82) is 5.26 Å². The summed E-state index contributed by atoms with van der Waals surface area (Å²) in [5.74, 6) is 1.89. The van der Waals surface area contributed by atoms with Crippen molar-refractivity contribution in [2.24, 2.45) is 0 Å². The Morgan fingerprint density at radius 2 is 1.89 bits per heavy atom. The average Bonchev–Trinajstić information content (AvgIpc) is 2.41. The van der Waals surface area contributed by atoms with E-state index in [4.69, 9.17) is 14.7 Å². The molecular weight excluding hydrogens is 341 g/mol. The van der Waals surface area contributed by atoms with Crippen LogP contribution in [0.1, 0.15) is 5.56 Å². The summed E-state index contributed by atoms with van der Waals surface area (Å²) in [5.41, 5.74) is 0.482. The average molecular weight is 351 g/mol. The van der Waals surface area contributed by atoms with Gasteiger partial charge in [0.05, 0.1) is 16.2 Å². The third kappa shape index (κ3) is 2.74. The second kappa shape index (κ2) is 5.74. The molecule has 0 spiro atoms. The van der Waals surface area contributed by atoms with Gasteiger partial charge in [-0.15, -0.1) is 0 Å². The Bertz CT molecular complexity index is 605. The molecule has 0 N–H and O–H groups in total. The fourth-order valence-corrected chi connectivity index (χ4v) is 1.95. The monoisotopic (exact) mass is 351 g/mol. The maximum atomic E-state index is 9.06. The lowest BCUT2D eigenvalue weighted by Gasteiger charge is -2.10. The van der Waals surface area contributed by atoms with Gasteiger partial charge in [0.25, 0.3) is 0 Å². The first-order valence-corrected chi connectivity index (χ1v) is 6.33. The van der Waals surface area contributed by atoms with Crippen molar-refractivity contribution in [3.05, 3.63) is 51.6 Å². The van der Waals surface area contributed by atoms with E-state index in [1.807, 2.05) is 24.3 Å². The lowest BCUT2D eigenvalue weighted by atomic mass is 10.2. The van der Waals surface area contributed by atoms with Gasteiger partial charge in [0, 0.05) is 6.07 Å². The predicted octanol–water partition coefficient (Wildman–Crippen LogP) is 3.96. The Morgan fingerprint density at radius 1 is 1.11 bits per heavy atom. The van der Waals surface area contributed by atoms with Gasteiger partial charge in [-0.05, 0) is 46.9 Å². The van der Waals surface area contributed by atoms with Crippen LogP contribution in [0.25, 0.3) is 0 Å². The van der Waals surface area contributed by atoms with Gasteiger partial charge in [0.2, 0.25) is 0 Å². The molecule has 0 heterocycles. The number of ether oxygens (including phenoxy) is 2. The van der Waals surface area contributed by atoms with E-state index in [0.717, 1.165) is 9.32 Å². The molecule has 3 nitrogen and oxygen atoms in total. The first-order valence-electron chi connectivity index (χ1n) is 5.25. The molecule has 0 saturated carbocycles. The molecular formula is C14H10INO2. The number of para-hydroxylation sites is 1. The van der Waals surface area contributed by atoms with E-state index in [1.54, 1.807) is 25.3 Å². The summed E-state index contributed by atoms with van der Waals surface area (Å²) in [6, 6.07) is 14.9. The molecule has 0 unspecified atom stereocenters. The number of nitrogens with zero attached hydrogens (tertiary/aromatic N) is 1. The highest BCUT2D eigenvalue weighted by Crippen LogP contribution is 2.31. The largest absolute Gasteiger partial charge is 0.497 e. The number of rotatable bonds is 3. The summed E-state index contributed by atoms with van der Waals surface area (Å²) in [6.45, 7) is 0. The van der Waals surface area contributed by atoms with Gasteiger partial charge in [-0.2, -0.15) is 5.26 Å². The maximum Gasteiger partial charge on any atom is 0.148 e. The molecule has 4 heteroatoms. The van der Waals surface area contributed by atoms with Crippen LogP contribution >= 0.6 is 22.6 Å². The molecule has 0 atom stereocenters. The van der Waals surface area contributed by atoms with Crippen LogP contribution in [0.5, 0.6) is 17.2 Å². The van der Waals surface area contributed by atoms with Crippen LogP contribution in [0.3, 0.4) is 0 Å². The lowest BCUT2D eigenvalue weighted by molar-refractivity contribution is 0.408. The third-order valence-corrected chi connectivity index (χ3v) is 3.26. The van der Waals surface area contributed by atoms with E-state index in [2.05, 4.69) is 28.7 Å². The van der Waals surface area contributed by atoms with Gasteiger partial charge in [-0.3, -0.25) is 0 Å². The number of benzene rings is 2. The van der Waals surface area contributed by atoms with E-state index in [9.17, 15) is 0 Å². The van der Waals surface area contributed by atoms with Crippen molar-refractivity contribution >= 4 is 22.6 Å². The van der Waals surface area contributed by atoms with Crippen molar-refractivity contribution in [1.82, 2.24) is 0 Å². The van der Waals surface area contributed by atoms with Gasteiger partial charge >= 0.3 is 0 Å². The summed E-state index contributed by atoms with van der Waals surface area (Å²) in [4.78, 5) is 0. The van der Waals surface area contributed by atoms with E-state index >= 15 is 0 Å². The Balaban J connectivity index is 2.39. The van der Waals surface area contributed by atoms with Crippen molar-refractivity contribution in [2.45, 2.75) is 0 Å². The molecule has 0 radical (unpaired) electrons. The minimum atomic E-state index is 0.482. The Labute approximate surface area is 119 Å². The third-order valence-electron chi connectivity index (χ3n) is 2.37.